The largest absolute Gasteiger partial charge is 0.454 e. The molecule has 1 aromatic carbocycles. The first kappa shape index (κ1) is 13.3. The molecular formula is C14H19N3O2. The van der Waals surface area contributed by atoms with Crippen molar-refractivity contribution in [3.63, 3.8) is 0 Å². The number of hydrazone groups is 1. The number of benzene rings is 1. The van der Waals surface area contributed by atoms with E-state index < -0.39 is 0 Å². The lowest BCUT2D eigenvalue weighted by atomic mass is 10.1. The smallest absolute Gasteiger partial charge is 0.231 e. The highest BCUT2D eigenvalue weighted by molar-refractivity contribution is 5.99. The second-order valence-corrected chi connectivity index (χ2v) is 4.65. The fraction of sp³-hybridized carbons (Fsp3) is 0.357. The monoisotopic (exact) mass is 261 g/mol. The highest BCUT2D eigenvalue weighted by atomic mass is 16.7. The average molecular weight is 261 g/mol. The molecule has 2 N–H and O–H groups in total. The van der Waals surface area contributed by atoms with E-state index in [0.29, 0.717) is 11.9 Å². The Kier molecular flexibility index (Phi) is 3.94. The maximum Gasteiger partial charge on any atom is 0.231 e. The number of hydrogen-bond donors (Lipinski definition) is 2. The summed E-state index contributed by atoms with van der Waals surface area (Å²) in [7, 11) is 0. The van der Waals surface area contributed by atoms with Crippen molar-refractivity contribution in [2.24, 2.45) is 5.10 Å². The van der Waals surface area contributed by atoms with E-state index in [1.807, 2.05) is 39.0 Å². The minimum absolute atomic E-state index is 0.280. The SMILES string of the molecule is C=C(N/N=C(/C)c1ccc2c(c1)OCO2)NC(C)C. The third-order valence-electron chi connectivity index (χ3n) is 2.61. The standard InChI is InChI=1S/C14H19N3O2/c1-9(2)15-11(4)17-16-10(3)12-5-6-13-14(7-12)19-8-18-13/h5-7,9,15,17H,4,8H2,1-3H3/b16-10-. The van der Waals surface area contributed by atoms with Crippen LogP contribution in [0.4, 0.5) is 0 Å². The third-order valence-corrected chi connectivity index (χ3v) is 2.61. The molecule has 0 atom stereocenters. The van der Waals surface area contributed by atoms with E-state index in [9.17, 15) is 0 Å². The van der Waals surface area contributed by atoms with Gasteiger partial charge in [0.2, 0.25) is 6.79 Å². The van der Waals surface area contributed by atoms with Crippen molar-refractivity contribution < 1.29 is 9.47 Å². The quantitative estimate of drug-likeness (QED) is 0.630. The topological polar surface area (TPSA) is 54.9 Å². The molecule has 0 unspecified atom stereocenters. The normalized spacial score (nSPS) is 13.6. The van der Waals surface area contributed by atoms with E-state index in [2.05, 4.69) is 22.4 Å². The van der Waals surface area contributed by atoms with Gasteiger partial charge in [-0.15, -0.1) is 0 Å². The Morgan fingerprint density at radius 2 is 2.05 bits per heavy atom. The van der Waals surface area contributed by atoms with Crippen LogP contribution < -0.4 is 20.2 Å². The van der Waals surface area contributed by atoms with Crippen LogP contribution in [0.15, 0.2) is 35.7 Å². The predicted octanol–water partition coefficient (Wildman–Crippen LogP) is 2.20. The van der Waals surface area contributed by atoms with E-state index in [-0.39, 0.29) is 6.79 Å². The summed E-state index contributed by atoms with van der Waals surface area (Å²) in [5.41, 5.74) is 4.72. The van der Waals surface area contributed by atoms with Gasteiger partial charge in [-0.2, -0.15) is 5.10 Å². The number of ether oxygens (including phenoxy) is 2. The zero-order valence-electron chi connectivity index (χ0n) is 11.5. The first-order valence-electron chi connectivity index (χ1n) is 6.22. The molecule has 1 aromatic rings. The molecule has 1 aliphatic rings. The van der Waals surface area contributed by atoms with Crippen LogP contribution in [0.1, 0.15) is 26.3 Å². The third kappa shape index (κ3) is 3.40. The van der Waals surface area contributed by atoms with E-state index in [1.54, 1.807) is 0 Å². The molecule has 0 aromatic heterocycles. The summed E-state index contributed by atoms with van der Waals surface area (Å²) in [6.45, 7) is 10.1. The first-order valence-corrected chi connectivity index (χ1v) is 6.22. The van der Waals surface area contributed by atoms with Crippen LogP contribution in [0.5, 0.6) is 11.5 Å². The Labute approximate surface area is 113 Å². The molecule has 5 heteroatoms. The minimum atomic E-state index is 0.280. The van der Waals surface area contributed by atoms with Gasteiger partial charge in [-0.1, -0.05) is 6.58 Å². The van der Waals surface area contributed by atoms with Crippen LogP contribution in [-0.2, 0) is 0 Å². The van der Waals surface area contributed by atoms with Crippen LogP contribution in [0, 0.1) is 0 Å². The van der Waals surface area contributed by atoms with Crippen LogP contribution in [-0.4, -0.2) is 18.5 Å². The summed E-state index contributed by atoms with van der Waals surface area (Å²) < 4.78 is 10.6. The molecule has 0 bridgehead atoms. The molecule has 0 fully saturated rings. The number of nitrogens with one attached hydrogen (secondary N) is 2. The molecule has 1 heterocycles. The molecule has 5 nitrogen and oxygen atoms in total. The minimum Gasteiger partial charge on any atom is -0.454 e. The Hall–Kier alpha value is -2.17. The molecule has 0 saturated carbocycles. The number of hydrogen-bond acceptors (Lipinski definition) is 5. The maximum atomic E-state index is 5.34. The summed E-state index contributed by atoms with van der Waals surface area (Å²) in [6, 6.07) is 6.08. The van der Waals surface area contributed by atoms with Crippen LogP contribution >= 0.6 is 0 Å². The zero-order valence-corrected chi connectivity index (χ0v) is 11.5. The van der Waals surface area contributed by atoms with Gasteiger partial charge < -0.3 is 14.8 Å². The highest BCUT2D eigenvalue weighted by Crippen LogP contribution is 2.32. The van der Waals surface area contributed by atoms with Crippen molar-refractivity contribution in [2.75, 3.05) is 6.79 Å². The zero-order chi connectivity index (χ0) is 13.8. The molecule has 0 aliphatic carbocycles. The molecule has 2 rings (SSSR count). The average Bonchev–Trinajstić information content (AvgIpc) is 2.82. The van der Waals surface area contributed by atoms with Gasteiger partial charge in [0.1, 0.15) is 5.82 Å². The molecule has 0 spiro atoms. The van der Waals surface area contributed by atoms with Crippen LogP contribution in [0.25, 0.3) is 0 Å². The van der Waals surface area contributed by atoms with Gasteiger partial charge in [0, 0.05) is 11.6 Å². The van der Waals surface area contributed by atoms with E-state index in [4.69, 9.17) is 9.47 Å². The van der Waals surface area contributed by atoms with E-state index in [0.717, 1.165) is 22.8 Å². The maximum absolute atomic E-state index is 5.34. The van der Waals surface area contributed by atoms with Crippen molar-refractivity contribution in [2.45, 2.75) is 26.8 Å². The summed E-state index contributed by atoms with van der Waals surface area (Å²) >= 11 is 0. The Balaban J connectivity index is 2.03. The Bertz CT molecular complexity index is 509. The van der Waals surface area contributed by atoms with Crippen LogP contribution in [0.2, 0.25) is 0 Å². The molecule has 0 radical (unpaired) electrons. The van der Waals surface area contributed by atoms with Crippen molar-refractivity contribution in [1.29, 1.82) is 0 Å². The van der Waals surface area contributed by atoms with Crippen molar-refractivity contribution in [3.05, 3.63) is 36.2 Å². The first-order chi connectivity index (χ1) is 9.06. The molecule has 0 saturated heterocycles. The van der Waals surface area contributed by atoms with Gasteiger partial charge in [-0.25, -0.2) is 0 Å². The molecule has 102 valence electrons. The summed E-state index contributed by atoms with van der Waals surface area (Å²) in [5, 5.41) is 7.41. The lowest BCUT2D eigenvalue weighted by Crippen LogP contribution is -2.28. The van der Waals surface area contributed by atoms with Gasteiger partial charge in [0.25, 0.3) is 0 Å². The molecule has 1 aliphatic heterocycles. The van der Waals surface area contributed by atoms with Gasteiger partial charge in [-0.05, 0) is 39.0 Å². The number of nitrogens with zero attached hydrogens (tertiary/aromatic N) is 1. The fourth-order valence-electron chi connectivity index (χ4n) is 1.72. The molecular weight excluding hydrogens is 242 g/mol. The van der Waals surface area contributed by atoms with Crippen molar-refractivity contribution in [3.8, 4) is 11.5 Å². The second kappa shape index (κ2) is 5.65. The summed E-state index contributed by atoms with van der Waals surface area (Å²) in [4.78, 5) is 0. The van der Waals surface area contributed by atoms with Crippen molar-refractivity contribution >= 4 is 5.71 Å². The van der Waals surface area contributed by atoms with E-state index >= 15 is 0 Å². The van der Waals surface area contributed by atoms with Crippen LogP contribution in [0.3, 0.4) is 0 Å². The molecule has 19 heavy (non-hydrogen) atoms. The van der Waals surface area contributed by atoms with E-state index in [1.165, 1.54) is 0 Å². The molecule has 0 amide bonds. The lowest BCUT2D eigenvalue weighted by molar-refractivity contribution is 0.174. The second-order valence-electron chi connectivity index (χ2n) is 4.65. The van der Waals surface area contributed by atoms with Gasteiger partial charge in [0.15, 0.2) is 11.5 Å². The van der Waals surface area contributed by atoms with Gasteiger partial charge in [0.05, 0.1) is 5.71 Å². The fourth-order valence-corrected chi connectivity index (χ4v) is 1.72. The Morgan fingerprint density at radius 3 is 2.79 bits per heavy atom. The van der Waals surface area contributed by atoms with Gasteiger partial charge in [-0.3, -0.25) is 5.43 Å². The summed E-state index contributed by atoms with van der Waals surface area (Å²) in [5.74, 6) is 2.21. The lowest BCUT2D eigenvalue weighted by Gasteiger charge is -2.12. The number of fused-ring (bicyclic) bond motifs is 1. The van der Waals surface area contributed by atoms with Crippen molar-refractivity contribution in [1.82, 2.24) is 10.7 Å². The van der Waals surface area contributed by atoms with Gasteiger partial charge >= 0.3 is 0 Å². The predicted molar refractivity (Wildman–Crippen MR) is 75.3 cm³/mol. The Morgan fingerprint density at radius 1 is 1.32 bits per heavy atom. The summed E-state index contributed by atoms with van der Waals surface area (Å²) in [6.07, 6.45) is 0. The number of rotatable bonds is 5. The highest BCUT2D eigenvalue weighted by Gasteiger charge is 2.13.